The third-order valence-corrected chi connectivity index (χ3v) is 7.46. The van der Waals surface area contributed by atoms with Gasteiger partial charge in [0.15, 0.2) is 0 Å². The molecule has 0 unspecified atom stereocenters. The number of thiophene rings is 1. The maximum atomic E-state index is 12.5. The van der Waals surface area contributed by atoms with E-state index in [0.29, 0.717) is 18.5 Å². The van der Waals surface area contributed by atoms with Gasteiger partial charge in [-0.25, -0.2) is 23.2 Å². The highest BCUT2D eigenvalue weighted by molar-refractivity contribution is 7.90. The van der Waals surface area contributed by atoms with Crippen molar-refractivity contribution in [3.63, 3.8) is 0 Å². The normalized spacial score (nSPS) is 12.4. The van der Waals surface area contributed by atoms with Crippen molar-refractivity contribution in [3.05, 3.63) is 84.7 Å². The topological polar surface area (TPSA) is 115 Å². The highest BCUT2D eigenvalue weighted by Gasteiger charge is 2.21. The molecule has 0 saturated heterocycles. The van der Waals surface area contributed by atoms with Gasteiger partial charge in [-0.05, 0) is 46.5 Å². The molecule has 1 N–H and O–H groups in total. The van der Waals surface area contributed by atoms with Crippen LogP contribution in [0.5, 0.6) is 0 Å². The van der Waals surface area contributed by atoms with E-state index in [-0.39, 0.29) is 11.2 Å². The van der Waals surface area contributed by atoms with Crippen LogP contribution in [0.2, 0.25) is 0 Å². The number of sulfone groups is 1. The molecule has 3 aromatic heterocycles. The number of aromatic nitrogens is 4. The number of H-pyrrole nitrogens is 1. The Kier molecular flexibility index (Phi) is 6.30. The van der Waals surface area contributed by atoms with E-state index in [1.54, 1.807) is 17.7 Å². The molecule has 0 bridgehead atoms. The largest absolute Gasteiger partial charge is 0.332 e. The Morgan fingerprint density at radius 2 is 1.88 bits per heavy atom. The van der Waals surface area contributed by atoms with Crippen molar-refractivity contribution in [1.82, 2.24) is 19.5 Å². The molecule has 34 heavy (non-hydrogen) atoms. The third kappa shape index (κ3) is 5.34. The van der Waals surface area contributed by atoms with Crippen molar-refractivity contribution in [2.75, 3.05) is 12.0 Å². The fourth-order valence-electron chi connectivity index (χ4n) is 3.79. The lowest BCUT2D eigenvalue weighted by Crippen LogP contribution is -2.27. The van der Waals surface area contributed by atoms with E-state index in [1.807, 2.05) is 23.6 Å². The lowest BCUT2D eigenvalue weighted by molar-refractivity contribution is 0.593. The molecule has 0 spiro atoms. The molecule has 0 amide bonds. The molecule has 3 heterocycles. The summed E-state index contributed by atoms with van der Waals surface area (Å²) in [4.78, 5) is 36.5. The lowest BCUT2D eigenvalue weighted by atomic mass is 9.84. The molecule has 0 saturated carbocycles. The van der Waals surface area contributed by atoms with Crippen LogP contribution in [0.25, 0.3) is 16.6 Å². The van der Waals surface area contributed by atoms with Crippen LogP contribution in [-0.4, -0.2) is 39.9 Å². The van der Waals surface area contributed by atoms with Gasteiger partial charge in [0.05, 0.1) is 22.7 Å². The van der Waals surface area contributed by atoms with Gasteiger partial charge in [-0.15, -0.1) is 11.3 Å². The number of hydrogen-bond acceptors (Lipinski definition) is 7. The first kappa shape index (κ1) is 24.0. The van der Waals surface area contributed by atoms with Crippen LogP contribution in [0.3, 0.4) is 0 Å². The second-order valence-corrected chi connectivity index (χ2v) is 12.7. The van der Waals surface area contributed by atoms with E-state index in [2.05, 4.69) is 35.7 Å². The summed E-state index contributed by atoms with van der Waals surface area (Å²) in [5.74, 6) is 0.117. The average molecular weight is 499 g/mol. The maximum absolute atomic E-state index is 12.5. The summed E-state index contributed by atoms with van der Waals surface area (Å²) in [5.41, 5.74) is 2.97. The average Bonchev–Trinajstić information content (AvgIpc) is 3.18. The molecule has 0 atom stereocenters. The number of nitrogens with one attached hydrogen (secondary N) is 1. The molecule has 0 aliphatic rings. The molecule has 0 radical (unpaired) electrons. The minimum atomic E-state index is -3.02. The number of rotatable bonds is 6. The summed E-state index contributed by atoms with van der Waals surface area (Å²) in [6.07, 6.45) is 5.29. The van der Waals surface area contributed by atoms with Crippen molar-refractivity contribution in [2.24, 2.45) is 0 Å². The van der Waals surface area contributed by atoms with E-state index >= 15 is 0 Å². The first-order valence-electron chi connectivity index (χ1n) is 10.8. The Balaban J connectivity index is 1.82. The summed E-state index contributed by atoms with van der Waals surface area (Å²) in [6, 6.07) is 7.13. The summed E-state index contributed by atoms with van der Waals surface area (Å²) in [6.45, 7) is 6.24. The van der Waals surface area contributed by atoms with Gasteiger partial charge in [0.1, 0.15) is 16.2 Å². The third-order valence-electron chi connectivity index (χ3n) is 5.53. The van der Waals surface area contributed by atoms with E-state index < -0.39 is 21.1 Å². The zero-order valence-corrected chi connectivity index (χ0v) is 21.1. The Bertz CT molecular complexity index is 1590. The summed E-state index contributed by atoms with van der Waals surface area (Å²) >= 11 is 1.57. The van der Waals surface area contributed by atoms with Gasteiger partial charge in [-0.2, -0.15) is 0 Å². The van der Waals surface area contributed by atoms with Crippen molar-refractivity contribution in [1.29, 1.82) is 0 Å². The smallest absolute Gasteiger partial charge is 0.274 e. The highest BCUT2D eigenvalue weighted by Crippen LogP contribution is 2.33. The number of aromatic amines is 1. The predicted molar refractivity (Wildman–Crippen MR) is 135 cm³/mol. The van der Waals surface area contributed by atoms with E-state index in [4.69, 9.17) is 0 Å². The molecule has 10 heteroatoms. The molecular formula is C24H26N4O4S2. The highest BCUT2D eigenvalue weighted by atomic mass is 32.2. The summed E-state index contributed by atoms with van der Waals surface area (Å²) < 4.78 is 24.4. The van der Waals surface area contributed by atoms with Gasteiger partial charge in [0, 0.05) is 35.2 Å². The fraction of sp³-hybridized carbons (Fsp3) is 0.333. The lowest BCUT2D eigenvalue weighted by Gasteiger charge is -2.22. The molecule has 4 aromatic rings. The minimum absolute atomic E-state index is 0.117. The van der Waals surface area contributed by atoms with Gasteiger partial charge >= 0.3 is 5.69 Å². The van der Waals surface area contributed by atoms with Gasteiger partial charge < -0.3 is 0 Å². The number of hydrogen-bond donors (Lipinski definition) is 1. The number of fused-ring (bicyclic) bond motifs is 1. The molecule has 178 valence electrons. The van der Waals surface area contributed by atoms with Crippen molar-refractivity contribution in [3.8, 4) is 5.69 Å². The Morgan fingerprint density at radius 1 is 1.12 bits per heavy atom. The molecule has 8 nitrogen and oxygen atoms in total. The Hall–Kier alpha value is -3.11. The first-order valence-corrected chi connectivity index (χ1v) is 13.7. The quantitative estimate of drug-likeness (QED) is 0.437. The van der Waals surface area contributed by atoms with E-state index in [9.17, 15) is 18.0 Å². The molecule has 0 fully saturated rings. The van der Waals surface area contributed by atoms with Gasteiger partial charge in [-0.1, -0.05) is 20.8 Å². The van der Waals surface area contributed by atoms with Gasteiger partial charge in [-0.3, -0.25) is 14.3 Å². The van der Waals surface area contributed by atoms with Crippen LogP contribution in [-0.2, 0) is 28.1 Å². The van der Waals surface area contributed by atoms with Crippen LogP contribution in [0.1, 0.15) is 42.5 Å². The first-order chi connectivity index (χ1) is 15.9. The molecule has 0 aliphatic heterocycles. The number of nitrogens with zero attached hydrogens (tertiary/aromatic N) is 3. The van der Waals surface area contributed by atoms with Gasteiger partial charge in [0.2, 0.25) is 0 Å². The molecule has 1 aromatic carbocycles. The summed E-state index contributed by atoms with van der Waals surface area (Å²) in [5, 5.41) is 2.81. The van der Waals surface area contributed by atoms with Crippen LogP contribution in [0.15, 0.2) is 51.8 Å². The molecule has 4 rings (SSSR count). The summed E-state index contributed by atoms with van der Waals surface area (Å²) in [7, 11) is -3.02. The zero-order valence-electron chi connectivity index (χ0n) is 19.5. The van der Waals surface area contributed by atoms with E-state index in [1.165, 1.54) is 23.1 Å². The zero-order chi connectivity index (χ0) is 24.7. The van der Waals surface area contributed by atoms with Crippen LogP contribution >= 0.6 is 11.3 Å². The van der Waals surface area contributed by atoms with Crippen molar-refractivity contribution in [2.45, 2.75) is 39.0 Å². The maximum Gasteiger partial charge on any atom is 0.332 e. The minimum Gasteiger partial charge on any atom is -0.274 e. The second-order valence-electron chi connectivity index (χ2n) is 9.42. The second kappa shape index (κ2) is 8.92. The standard InChI is InChI=1S/C24H26N4O4S2/c1-24(2,3)19-11-16(28-7-5-21(29)27-23(28)30)10-18-20(25-14-26-22(18)19)12-17-9-15(13-33-17)6-8-34(4,31)32/h5,7,9-11,13-14H,6,8,12H2,1-4H3,(H,27,29,30). The van der Waals surface area contributed by atoms with E-state index in [0.717, 1.165) is 32.6 Å². The number of benzene rings is 1. The molecule has 0 aliphatic carbocycles. The Morgan fingerprint density at radius 3 is 2.56 bits per heavy atom. The number of aryl methyl sites for hydroxylation is 1. The van der Waals surface area contributed by atoms with Crippen molar-refractivity contribution < 1.29 is 8.42 Å². The van der Waals surface area contributed by atoms with Crippen LogP contribution in [0.4, 0.5) is 0 Å². The SMILES string of the molecule is CC(C)(C)c1cc(-n2ccc(=O)[nH]c2=O)cc2c(Cc3cc(CCS(C)(=O)=O)cs3)ncnc12. The van der Waals surface area contributed by atoms with Crippen molar-refractivity contribution >= 4 is 32.1 Å². The fourth-order valence-corrected chi connectivity index (χ4v) is 5.33. The van der Waals surface area contributed by atoms with Crippen LogP contribution in [0, 0.1) is 0 Å². The monoisotopic (exact) mass is 498 g/mol. The van der Waals surface area contributed by atoms with Crippen LogP contribution < -0.4 is 11.2 Å². The Labute approximate surface area is 201 Å². The molecular weight excluding hydrogens is 472 g/mol. The van der Waals surface area contributed by atoms with Gasteiger partial charge in [0.25, 0.3) is 5.56 Å². The predicted octanol–water partition coefficient (Wildman–Crippen LogP) is 3.01.